The molecular weight excluding hydrogens is 347 g/mol. The van der Waals surface area contributed by atoms with Crippen LogP contribution in [0.25, 0.3) is 0 Å². The molecule has 1 aromatic carbocycles. The van der Waals surface area contributed by atoms with Gasteiger partial charge in [0.25, 0.3) is 0 Å². The minimum absolute atomic E-state index is 0.167. The first kappa shape index (κ1) is 19.0. The maximum atomic E-state index is 12.8. The number of anilines is 1. The van der Waals surface area contributed by atoms with Gasteiger partial charge in [-0.3, -0.25) is 4.90 Å². The van der Waals surface area contributed by atoms with Crippen LogP contribution in [0.3, 0.4) is 0 Å². The number of carbonyl (C=O) groups excluding carboxylic acids is 1. The fourth-order valence-electron chi connectivity index (χ4n) is 3.44. The summed E-state index contributed by atoms with van der Waals surface area (Å²) in [6.07, 6.45) is -2.60. The minimum atomic E-state index is -4.42. The second-order valence-corrected chi connectivity index (χ2v) is 6.85. The standard InChI is InChI=1S/C18H24F3N3O2/c19-18(20,21)15-2-1-3-16(12-15)22-17(25)24-6-4-14(5-7-24)13-23-8-10-26-11-9-23/h1-3,12,14H,4-11,13H2,(H,22,25). The van der Waals surface area contributed by atoms with E-state index in [1.54, 1.807) is 4.90 Å². The maximum Gasteiger partial charge on any atom is 0.416 e. The number of piperidine rings is 1. The van der Waals surface area contributed by atoms with E-state index in [-0.39, 0.29) is 11.7 Å². The van der Waals surface area contributed by atoms with E-state index >= 15 is 0 Å². The zero-order chi connectivity index (χ0) is 18.6. The zero-order valence-corrected chi connectivity index (χ0v) is 14.6. The summed E-state index contributed by atoms with van der Waals surface area (Å²) in [6, 6.07) is 4.38. The van der Waals surface area contributed by atoms with Crippen LogP contribution in [0.15, 0.2) is 24.3 Å². The van der Waals surface area contributed by atoms with Crippen molar-refractivity contribution in [1.29, 1.82) is 0 Å². The molecule has 8 heteroatoms. The molecule has 1 aromatic rings. The first-order valence-electron chi connectivity index (χ1n) is 8.95. The lowest BCUT2D eigenvalue weighted by atomic mass is 9.96. The van der Waals surface area contributed by atoms with Crippen LogP contribution >= 0.6 is 0 Å². The SMILES string of the molecule is O=C(Nc1cccc(C(F)(F)F)c1)N1CCC(CN2CCOCC2)CC1. The Balaban J connectivity index is 1.48. The van der Waals surface area contributed by atoms with Crippen molar-refractivity contribution >= 4 is 11.7 Å². The van der Waals surface area contributed by atoms with Crippen LogP contribution in [0.2, 0.25) is 0 Å². The number of benzene rings is 1. The predicted molar refractivity (Wildman–Crippen MR) is 92.0 cm³/mol. The van der Waals surface area contributed by atoms with Gasteiger partial charge in [0.1, 0.15) is 0 Å². The van der Waals surface area contributed by atoms with Crippen LogP contribution in [0.4, 0.5) is 23.7 Å². The summed E-state index contributed by atoms with van der Waals surface area (Å²) in [7, 11) is 0. The molecule has 0 saturated carbocycles. The second-order valence-electron chi connectivity index (χ2n) is 6.85. The van der Waals surface area contributed by atoms with E-state index in [1.165, 1.54) is 12.1 Å². The van der Waals surface area contributed by atoms with Crippen molar-refractivity contribution in [2.75, 3.05) is 51.3 Å². The molecule has 3 rings (SSSR count). The third-order valence-corrected chi connectivity index (χ3v) is 4.96. The molecule has 0 bridgehead atoms. The topological polar surface area (TPSA) is 44.8 Å². The molecule has 2 fully saturated rings. The van der Waals surface area contributed by atoms with Crippen molar-refractivity contribution in [3.05, 3.63) is 29.8 Å². The molecule has 2 aliphatic heterocycles. The highest BCUT2D eigenvalue weighted by Crippen LogP contribution is 2.30. The van der Waals surface area contributed by atoms with E-state index in [2.05, 4.69) is 10.2 Å². The Kier molecular flexibility index (Phi) is 6.03. The number of nitrogens with one attached hydrogen (secondary N) is 1. The van der Waals surface area contributed by atoms with Gasteiger partial charge in [-0.25, -0.2) is 4.79 Å². The molecule has 26 heavy (non-hydrogen) atoms. The highest BCUT2D eigenvalue weighted by molar-refractivity contribution is 5.89. The number of hydrogen-bond donors (Lipinski definition) is 1. The number of halogens is 3. The third-order valence-electron chi connectivity index (χ3n) is 4.96. The normalized spacial score (nSPS) is 20.2. The van der Waals surface area contributed by atoms with Crippen LogP contribution in [0, 0.1) is 5.92 Å². The lowest BCUT2D eigenvalue weighted by Crippen LogP contribution is -2.45. The van der Waals surface area contributed by atoms with E-state index in [0.717, 1.165) is 57.8 Å². The number of likely N-dealkylation sites (tertiary alicyclic amines) is 1. The van der Waals surface area contributed by atoms with Gasteiger partial charge < -0.3 is 15.0 Å². The molecule has 0 unspecified atom stereocenters. The summed E-state index contributed by atoms with van der Waals surface area (Å²) in [5, 5.41) is 2.58. The van der Waals surface area contributed by atoms with Crippen LogP contribution in [0.1, 0.15) is 18.4 Å². The van der Waals surface area contributed by atoms with Crippen molar-refractivity contribution < 1.29 is 22.7 Å². The molecule has 0 spiro atoms. The van der Waals surface area contributed by atoms with Crippen molar-refractivity contribution in [2.45, 2.75) is 19.0 Å². The molecule has 0 aromatic heterocycles. The lowest BCUT2D eigenvalue weighted by Gasteiger charge is -2.36. The van der Waals surface area contributed by atoms with Crippen LogP contribution in [0.5, 0.6) is 0 Å². The molecule has 1 N–H and O–H groups in total. The summed E-state index contributed by atoms with van der Waals surface area (Å²) in [5.74, 6) is 0.547. The Hall–Kier alpha value is -1.80. The Morgan fingerprint density at radius 2 is 1.85 bits per heavy atom. The van der Waals surface area contributed by atoms with Gasteiger partial charge in [0, 0.05) is 38.4 Å². The Labute approximate surface area is 151 Å². The van der Waals surface area contributed by atoms with Gasteiger partial charge in [-0.15, -0.1) is 0 Å². The number of ether oxygens (including phenoxy) is 1. The first-order chi connectivity index (χ1) is 12.4. The van der Waals surface area contributed by atoms with Crippen molar-refractivity contribution in [1.82, 2.24) is 9.80 Å². The Morgan fingerprint density at radius 1 is 1.15 bits per heavy atom. The predicted octanol–water partition coefficient (Wildman–Crippen LogP) is 3.28. The highest BCUT2D eigenvalue weighted by atomic mass is 19.4. The van der Waals surface area contributed by atoms with Gasteiger partial charge >= 0.3 is 12.2 Å². The van der Waals surface area contributed by atoms with Crippen LogP contribution in [-0.4, -0.2) is 61.8 Å². The molecule has 0 atom stereocenters. The summed E-state index contributed by atoms with van der Waals surface area (Å²) in [5.41, 5.74) is -0.597. The van der Waals surface area contributed by atoms with Gasteiger partial charge in [0.05, 0.1) is 18.8 Å². The Morgan fingerprint density at radius 3 is 2.50 bits per heavy atom. The number of morpholine rings is 1. The molecule has 2 saturated heterocycles. The number of urea groups is 1. The molecule has 2 aliphatic rings. The molecule has 0 aliphatic carbocycles. The number of carbonyl (C=O) groups is 1. The van der Waals surface area contributed by atoms with E-state index in [1.807, 2.05) is 0 Å². The third kappa shape index (κ3) is 5.11. The van der Waals surface area contributed by atoms with Crippen molar-refractivity contribution in [3.63, 3.8) is 0 Å². The van der Waals surface area contributed by atoms with Crippen LogP contribution in [-0.2, 0) is 10.9 Å². The largest absolute Gasteiger partial charge is 0.416 e. The van der Waals surface area contributed by atoms with E-state index in [4.69, 9.17) is 4.74 Å². The fraction of sp³-hybridized carbons (Fsp3) is 0.611. The quantitative estimate of drug-likeness (QED) is 0.887. The average molecular weight is 371 g/mol. The van der Waals surface area contributed by atoms with Gasteiger partial charge in [-0.1, -0.05) is 6.07 Å². The van der Waals surface area contributed by atoms with Gasteiger partial charge in [-0.05, 0) is 37.0 Å². The minimum Gasteiger partial charge on any atom is -0.379 e. The highest BCUT2D eigenvalue weighted by Gasteiger charge is 2.31. The van der Waals surface area contributed by atoms with E-state index in [9.17, 15) is 18.0 Å². The number of amides is 2. The zero-order valence-electron chi connectivity index (χ0n) is 14.6. The van der Waals surface area contributed by atoms with E-state index < -0.39 is 11.7 Å². The first-order valence-corrected chi connectivity index (χ1v) is 8.95. The smallest absolute Gasteiger partial charge is 0.379 e. The van der Waals surface area contributed by atoms with E-state index in [0.29, 0.717) is 19.0 Å². The summed E-state index contributed by atoms with van der Waals surface area (Å²) in [6.45, 7) is 5.73. The van der Waals surface area contributed by atoms with Crippen LogP contribution < -0.4 is 5.32 Å². The molecular formula is C18H24F3N3O2. The molecule has 0 radical (unpaired) electrons. The van der Waals surface area contributed by atoms with Gasteiger partial charge in [0.2, 0.25) is 0 Å². The molecule has 5 nitrogen and oxygen atoms in total. The average Bonchev–Trinajstić information content (AvgIpc) is 2.63. The van der Waals surface area contributed by atoms with Gasteiger partial charge in [0.15, 0.2) is 0 Å². The van der Waals surface area contributed by atoms with Crippen molar-refractivity contribution in [3.8, 4) is 0 Å². The number of hydrogen-bond acceptors (Lipinski definition) is 3. The number of rotatable bonds is 3. The summed E-state index contributed by atoms with van der Waals surface area (Å²) < 4.78 is 43.6. The Bertz CT molecular complexity index is 610. The second kappa shape index (κ2) is 8.26. The number of alkyl halides is 3. The monoisotopic (exact) mass is 371 g/mol. The molecule has 2 heterocycles. The number of nitrogens with zero attached hydrogens (tertiary/aromatic N) is 2. The molecule has 144 valence electrons. The maximum absolute atomic E-state index is 12.8. The van der Waals surface area contributed by atoms with Crippen molar-refractivity contribution in [2.24, 2.45) is 5.92 Å². The lowest BCUT2D eigenvalue weighted by molar-refractivity contribution is -0.137. The summed E-state index contributed by atoms with van der Waals surface area (Å²) in [4.78, 5) is 16.4. The summed E-state index contributed by atoms with van der Waals surface area (Å²) >= 11 is 0. The molecule has 2 amide bonds. The fourth-order valence-corrected chi connectivity index (χ4v) is 3.44. The van der Waals surface area contributed by atoms with Gasteiger partial charge in [-0.2, -0.15) is 13.2 Å².